The SMILES string of the molecule is Cc1ccc(N(N)c2nc3n(n2)C(c2ccccc2)CC3F)c(N)c1. The van der Waals surface area contributed by atoms with E-state index < -0.39 is 6.17 Å². The van der Waals surface area contributed by atoms with Gasteiger partial charge in [0.1, 0.15) is 0 Å². The number of aryl methyl sites for hydroxylation is 1. The van der Waals surface area contributed by atoms with Crippen LogP contribution >= 0.6 is 0 Å². The van der Waals surface area contributed by atoms with E-state index in [0.29, 0.717) is 23.6 Å². The Morgan fingerprint density at radius 2 is 1.96 bits per heavy atom. The molecule has 25 heavy (non-hydrogen) atoms. The van der Waals surface area contributed by atoms with Crippen molar-refractivity contribution < 1.29 is 4.39 Å². The molecule has 0 saturated heterocycles. The predicted molar refractivity (Wildman–Crippen MR) is 95.0 cm³/mol. The Morgan fingerprint density at radius 3 is 2.68 bits per heavy atom. The summed E-state index contributed by atoms with van der Waals surface area (Å²) in [5.41, 5.74) is 9.17. The van der Waals surface area contributed by atoms with Crippen molar-refractivity contribution in [3.63, 3.8) is 0 Å². The van der Waals surface area contributed by atoms with E-state index in [-0.39, 0.29) is 12.0 Å². The van der Waals surface area contributed by atoms with Gasteiger partial charge in [0.25, 0.3) is 5.95 Å². The van der Waals surface area contributed by atoms with Gasteiger partial charge in [-0.25, -0.2) is 19.9 Å². The molecule has 0 amide bonds. The molecule has 0 spiro atoms. The lowest BCUT2D eigenvalue weighted by Gasteiger charge is -2.17. The Hall–Kier alpha value is -2.93. The summed E-state index contributed by atoms with van der Waals surface area (Å²) in [5.74, 6) is 6.68. The lowest BCUT2D eigenvalue weighted by Crippen LogP contribution is -2.27. The molecule has 3 aromatic rings. The Bertz CT molecular complexity index is 907. The number of nitrogens with two attached hydrogens (primary N) is 2. The fourth-order valence-electron chi connectivity index (χ4n) is 3.22. The van der Waals surface area contributed by atoms with Gasteiger partial charge < -0.3 is 5.73 Å². The van der Waals surface area contributed by atoms with Gasteiger partial charge >= 0.3 is 0 Å². The fraction of sp³-hybridized carbons (Fsp3) is 0.222. The maximum Gasteiger partial charge on any atom is 0.264 e. The Balaban J connectivity index is 1.71. The molecule has 1 aliphatic heterocycles. The Labute approximate surface area is 144 Å². The molecule has 1 aliphatic rings. The number of benzene rings is 2. The van der Waals surface area contributed by atoms with Gasteiger partial charge in [0.15, 0.2) is 12.0 Å². The second kappa shape index (κ2) is 5.86. The van der Waals surface area contributed by atoms with Crippen LogP contribution in [-0.2, 0) is 0 Å². The van der Waals surface area contributed by atoms with Crippen LogP contribution in [0, 0.1) is 6.92 Å². The van der Waals surface area contributed by atoms with Crippen LogP contribution in [0.1, 0.15) is 35.6 Å². The summed E-state index contributed by atoms with van der Waals surface area (Å²) in [6.45, 7) is 1.95. The largest absolute Gasteiger partial charge is 0.397 e. The maximum absolute atomic E-state index is 14.5. The zero-order valence-corrected chi connectivity index (χ0v) is 13.8. The van der Waals surface area contributed by atoms with E-state index in [1.54, 1.807) is 10.7 Å². The Morgan fingerprint density at radius 1 is 1.20 bits per heavy atom. The fourth-order valence-corrected chi connectivity index (χ4v) is 3.22. The molecule has 2 unspecified atom stereocenters. The molecule has 2 heterocycles. The number of halogens is 1. The lowest BCUT2D eigenvalue weighted by atomic mass is 10.0. The third-order valence-electron chi connectivity index (χ3n) is 4.49. The van der Waals surface area contributed by atoms with Crippen LogP contribution in [-0.4, -0.2) is 14.8 Å². The second-order valence-corrected chi connectivity index (χ2v) is 6.28. The number of aromatic nitrogens is 3. The van der Waals surface area contributed by atoms with Crippen LogP contribution in [0.2, 0.25) is 0 Å². The van der Waals surface area contributed by atoms with Gasteiger partial charge in [0.2, 0.25) is 0 Å². The molecule has 0 fully saturated rings. The molecule has 128 valence electrons. The van der Waals surface area contributed by atoms with Gasteiger partial charge in [-0.15, -0.1) is 5.10 Å². The highest BCUT2D eigenvalue weighted by atomic mass is 19.1. The normalized spacial score (nSPS) is 19.0. The molecule has 0 aliphatic carbocycles. The monoisotopic (exact) mass is 338 g/mol. The molecule has 1 aromatic heterocycles. The predicted octanol–water partition coefficient (Wildman–Crippen LogP) is 3.18. The summed E-state index contributed by atoms with van der Waals surface area (Å²) < 4.78 is 16.1. The van der Waals surface area contributed by atoms with E-state index in [0.717, 1.165) is 11.1 Å². The number of hydrogen-bond acceptors (Lipinski definition) is 5. The molecular formula is C18H19FN6. The van der Waals surface area contributed by atoms with Crippen molar-refractivity contribution in [1.29, 1.82) is 0 Å². The van der Waals surface area contributed by atoms with E-state index in [4.69, 9.17) is 11.6 Å². The third kappa shape index (κ3) is 2.62. The number of nitrogens with zero attached hydrogens (tertiary/aromatic N) is 4. The molecule has 7 heteroatoms. The van der Waals surface area contributed by atoms with Crippen LogP contribution in [0.15, 0.2) is 48.5 Å². The first kappa shape index (κ1) is 15.6. The van der Waals surface area contributed by atoms with Gasteiger partial charge in [0, 0.05) is 6.42 Å². The van der Waals surface area contributed by atoms with Gasteiger partial charge in [-0.2, -0.15) is 4.98 Å². The highest BCUT2D eigenvalue weighted by Gasteiger charge is 2.36. The lowest BCUT2D eigenvalue weighted by molar-refractivity contribution is 0.328. The van der Waals surface area contributed by atoms with E-state index in [1.807, 2.05) is 49.4 Å². The molecular weight excluding hydrogens is 319 g/mol. The van der Waals surface area contributed by atoms with Crippen LogP contribution in [0.4, 0.5) is 21.7 Å². The quantitative estimate of drug-likeness (QED) is 0.435. The number of fused-ring (bicyclic) bond motifs is 1. The summed E-state index contributed by atoms with van der Waals surface area (Å²) in [6.07, 6.45) is -0.841. The topological polar surface area (TPSA) is 86.0 Å². The summed E-state index contributed by atoms with van der Waals surface area (Å²) in [4.78, 5) is 4.31. The molecule has 2 aromatic carbocycles. The van der Waals surface area contributed by atoms with E-state index >= 15 is 0 Å². The minimum absolute atomic E-state index is 0.184. The average molecular weight is 338 g/mol. The summed E-state index contributed by atoms with van der Waals surface area (Å²) in [6, 6.07) is 15.1. The molecule has 0 radical (unpaired) electrons. The van der Waals surface area contributed by atoms with Crippen molar-refractivity contribution in [1.82, 2.24) is 14.8 Å². The van der Waals surface area contributed by atoms with Gasteiger partial charge in [-0.3, -0.25) is 0 Å². The molecule has 4 rings (SSSR count). The smallest absolute Gasteiger partial charge is 0.264 e. The molecule has 2 atom stereocenters. The van der Waals surface area contributed by atoms with Crippen molar-refractivity contribution >= 4 is 17.3 Å². The van der Waals surface area contributed by atoms with Crippen LogP contribution in [0.5, 0.6) is 0 Å². The summed E-state index contributed by atoms with van der Waals surface area (Å²) in [7, 11) is 0. The van der Waals surface area contributed by atoms with Gasteiger partial charge in [-0.05, 0) is 30.2 Å². The molecule has 0 saturated carbocycles. The highest BCUT2D eigenvalue weighted by molar-refractivity contribution is 5.72. The van der Waals surface area contributed by atoms with Crippen molar-refractivity contribution in [2.45, 2.75) is 25.6 Å². The number of alkyl halides is 1. The minimum Gasteiger partial charge on any atom is -0.397 e. The third-order valence-corrected chi connectivity index (χ3v) is 4.49. The zero-order valence-electron chi connectivity index (χ0n) is 13.8. The Kier molecular flexibility index (Phi) is 3.65. The summed E-state index contributed by atoms with van der Waals surface area (Å²) >= 11 is 0. The van der Waals surface area contributed by atoms with Gasteiger partial charge in [0.05, 0.1) is 17.4 Å². The van der Waals surface area contributed by atoms with Crippen molar-refractivity contribution in [2.24, 2.45) is 5.84 Å². The number of rotatable bonds is 3. The second-order valence-electron chi connectivity index (χ2n) is 6.28. The van der Waals surface area contributed by atoms with E-state index in [1.165, 1.54) is 5.01 Å². The first-order chi connectivity index (χ1) is 12.0. The molecule has 0 bridgehead atoms. The number of hydrazine groups is 1. The van der Waals surface area contributed by atoms with Crippen molar-refractivity contribution in [2.75, 3.05) is 10.7 Å². The first-order valence-electron chi connectivity index (χ1n) is 8.11. The minimum atomic E-state index is -1.17. The number of nitrogen functional groups attached to an aromatic ring is 1. The first-order valence-corrected chi connectivity index (χ1v) is 8.11. The van der Waals surface area contributed by atoms with E-state index in [9.17, 15) is 4.39 Å². The standard InChI is InChI=1S/C18H19FN6/c1-11-7-8-15(14(20)9-11)24(21)18-22-17-13(19)10-16(25(17)23-18)12-5-3-2-4-6-12/h2-9,13,16H,10,20-21H2,1H3. The van der Waals surface area contributed by atoms with Crippen LogP contribution < -0.4 is 16.6 Å². The van der Waals surface area contributed by atoms with Crippen molar-refractivity contribution in [3.8, 4) is 0 Å². The van der Waals surface area contributed by atoms with Gasteiger partial charge in [-0.1, -0.05) is 36.4 Å². The number of anilines is 3. The zero-order chi connectivity index (χ0) is 17.6. The molecule has 6 nitrogen and oxygen atoms in total. The van der Waals surface area contributed by atoms with Crippen molar-refractivity contribution in [3.05, 3.63) is 65.5 Å². The average Bonchev–Trinajstić information content (AvgIpc) is 3.16. The summed E-state index contributed by atoms with van der Waals surface area (Å²) in [5, 5.41) is 5.75. The molecule has 4 N–H and O–H groups in total. The highest BCUT2D eigenvalue weighted by Crippen LogP contribution is 2.40. The van der Waals surface area contributed by atoms with Crippen LogP contribution in [0.25, 0.3) is 0 Å². The van der Waals surface area contributed by atoms with Crippen LogP contribution in [0.3, 0.4) is 0 Å². The van der Waals surface area contributed by atoms with E-state index in [2.05, 4.69) is 10.1 Å². The maximum atomic E-state index is 14.5. The number of hydrogen-bond donors (Lipinski definition) is 2.